The molecular weight excluding hydrogens is 306 g/mol. The van der Waals surface area contributed by atoms with E-state index in [1.165, 1.54) is 0 Å². The first-order chi connectivity index (χ1) is 11.7. The standard InChI is InChI=1S/C18H23N3O3/c1-24-15-3-2-14-5-9-19-17(16(14)12-15)21-10-6-13(7-11-21)4-8-20-18(22)23/h2-3,5,9,12-13,20H,4,6-8,10-11H2,1H3,(H,22,23). The Morgan fingerprint density at radius 2 is 2.17 bits per heavy atom. The molecule has 0 radical (unpaired) electrons. The fourth-order valence-electron chi connectivity index (χ4n) is 3.33. The molecule has 0 saturated carbocycles. The number of pyridine rings is 1. The molecule has 2 heterocycles. The van der Waals surface area contributed by atoms with E-state index in [0.717, 1.165) is 54.7 Å². The summed E-state index contributed by atoms with van der Waals surface area (Å²) in [5.41, 5.74) is 0. The first-order valence-electron chi connectivity index (χ1n) is 8.32. The van der Waals surface area contributed by atoms with Crippen LogP contribution < -0.4 is 15.0 Å². The first-order valence-corrected chi connectivity index (χ1v) is 8.32. The van der Waals surface area contributed by atoms with E-state index in [2.05, 4.69) is 21.3 Å². The van der Waals surface area contributed by atoms with Crippen LogP contribution in [0.2, 0.25) is 0 Å². The number of hydrogen-bond donors (Lipinski definition) is 2. The van der Waals surface area contributed by atoms with Gasteiger partial charge in [-0.1, -0.05) is 6.07 Å². The average molecular weight is 329 g/mol. The molecule has 1 fully saturated rings. The summed E-state index contributed by atoms with van der Waals surface area (Å²) in [6.45, 7) is 2.42. The van der Waals surface area contributed by atoms with Crippen molar-refractivity contribution < 1.29 is 14.6 Å². The van der Waals surface area contributed by atoms with Crippen molar-refractivity contribution in [2.75, 3.05) is 31.6 Å². The lowest BCUT2D eigenvalue weighted by Gasteiger charge is -2.33. The smallest absolute Gasteiger partial charge is 0.404 e. The highest BCUT2D eigenvalue weighted by Crippen LogP contribution is 2.31. The maximum absolute atomic E-state index is 10.5. The molecule has 1 saturated heterocycles. The summed E-state index contributed by atoms with van der Waals surface area (Å²) in [6.07, 6.45) is 3.93. The number of carbonyl (C=O) groups is 1. The number of amides is 1. The highest BCUT2D eigenvalue weighted by molar-refractivity contribution is 5.93. The maximum atomic E-state index is 10.5. The van der Waals surface area contributed by atoms with Gasteiger partial charge in [0, 0.05) is 31.2 Å². The highest BCUT2D eigenvalue weighted by Gasteiger charge is 2.21. The van der Waals surface area contributed by atoms with Gasteiger partial charge in [0.25, 0.3) is 0 Å². The number of carboxylic acid groups (broad SMARTS) is 1. The van der Waals surface area contributed by atoms with Crippen LogP contribution in [-0.2, 0) is 0 Å². The topological polar surface area (TPSA) is 74.7 Å². The van der Waals surface area contributed by atoms with Crippen molar-refractivity contribution in [2.45, 2.75) is 19.3 Å². The van der Waals surface area contributed by atoms with Crippen LogP contribution in [0.15, 0.2) is 30.5 Å². The summed E-state index contributed by atoms with van der Waals surface area (Å²) in [4.78, 5) is 17.4. The molecule has 3 rings (SSSR count). The number of piperidine rings is 1. The fourth-order valence-corrected chi connectivity index (χ4v) is 3.33. The van der Waals surface area contributed by atoms with E-state index in [-0.39, 0.29) is 0 Å². The van der Waals surface area contributed by atoms with Crippen LogP contribution in [0.5, 0.6) is 5.75 Å². The van der Waals surface area contributed by atoms with Gasteiger partial charge >= 0.3 is 6.09 Å². The fraction of sp³-hybridized carbons (Fsp3) is 0.444. The molecule has 0 spiro atoms. The van der Waals surface area contributed by atoms with Crippen molar-refractivity contribution in [3.05, 3.63) is 30.5 Å². The molecule has 6 heteroatoms. The molecule has 0 atom stereocenters. The molecule has 2 N–H and O–H groups in total. The van der Waals surface area contributed by atoms with Crippen LogP contribution in [0, 0.1) is 5.92 Å². The third-order valence-corrected chi connectivity index (χ3v) is 4.70. The monoisotopic (exact) mass is 329 g/mol. The van der Waals surface area contributed by atoms with E-state index < -0.39 is 6.09 Å². The largest absolute Gasteiger partial charge is 0.497 e. The lowest BCUT2D eigenvalue weighted by Crippen LogP contribution is -2.35. The second kappa shape index (κ2) is 7.38. The van der Waals surface area contributed by atoms with E-state index in [1.54, 1.807) is 7.11 Å². The van der Waals surface area contributed by atoms with E-state index in [0.29, 0.717) is 12.5 Å². The third kappa shape index (κ3) is 3.69. The van der Waals surface area contributed by atoms with E-state index in [1.807, 2.05) is 24.4 Å². The van der Waals surface area contributed by atoms with Gasteiger partial charge in [0.15, 0.2) is 0 Å². The molecule has 1 aliphatic rings. The van der Waals surface area contributed by atoms with Crippen LogP contribution in [0.1, 0.15) is 19.3 Å². The molecule has 1 amide bonds. The second-order valence-electron chi connectivity index (χ2n) is 6.17. The molecule has 0 bridgehead atoms. The Hall–Kier alpha value is -2.50. The Morgan fingerprint density at radius 1 is 1.38 bits per heavy atom. The van der Waals surface area contributed by atoms with Gasteiger partial charge in [-0.05, 0) is 48.8 Å². The van der Waals surface area contributed by atoms with Crippen LogP contribution >= 0.6 is 0 Å². The summed E-state index contributed by atoms with van der Waals surface area (Å²) in [6, 6.07) is 8.08. The number of nitrogens with one attached hydrogen (secondary N) is 1. The minimum absolute atomic E-state index is 0.531. The number of benzene rings is 1. The number of nitrogens with zero attached hydrogens (tertiary/aromatic N) is 2. The van der Waals surface area contributed by atoms with E-state index in [4.69, 9.17) is 9.84 Å². The van der Waals surface area contributed by atoms with Crippen molar-refractivity contribution in [2.24, 2.45) is 5.92 Å². The number of aromatic nitrogens is 1. The number of methoxy groups -OCH3 is 1. The van der Waals surface area contributed by atoms with Crippen molar-refractivity contribution in [3.63, 3.8) is 0 Å². The van der Waals surface area contributed by atoms with Crippen molar-refractivity contribution in [1.29, 1.82) is 0 Å². The predicted molar refractivity (Wildman–Crippen MR) is 93.9 cm³/mol. The molecule has 6 nitrogen and oxygen atoms in total. The Bertz CT molecular complexity index is 712. The molecule has 1 aromatic heterocycles. The van der Waals surface area contributed by atoms with E-state index in [9.17, 15) is 4.79 Å². The Balaban J connectivity index is 1.68. The van der Waals surface area contributed by atoms with Gasteiger partial charge in [0.2, 0.25) is 0 Å². The van der Waals surface area contributed by atoms with Crippen molar-refractivity contribution in [3.8, 4) is 5.75 Å². The van der Waals surface area contributed by atoms with Gasteiger partial charge in [-0.3, -0.25) is 0 Å². The maximum Gasteiger partial charge on any atom is 0.404 e. The van der Waals surface area contributed by atoms with Crippen LogP contribution in [-0.4, -0.2) is 42.9 Å². The van der Waals surface area contributed by atoms with Gasteiger partial charge in [-0.15, -0.1) is 0 Å². The molecule has 128 valence electrons. The highest BCUT2D eigenvalue weighted by atomic mass is 16.5. The summed E-state index contributed by atoms with van der Waals surface area (Å²) >= 11 is 0. The number of anilines is 1. The average Bonchev–Trinajstić information content (AvgIpc) is 2.61. The zero-order chi connectivity index (χ0) is 16.9. The Labute approximate surface area is 141 Å². The molecule has 1 aromatic carbocycles. The van der Waals surface area contributed by atoms with Gasteiger partial charge in [0.1, 0.15) is 11.6 Å². The number of hydrogen-bond acceptors (Lipinski definition) is 4. The van der Waals surface area contributed by atoms with Crippen LogP contribution in [0.4, 0.5) is 10.6 Å². The van der Waals surface area contributed by atoms with Gasteiger partial charge in [-0.25, -0.2) is 9.78 Å². The normalized spacial score (nSPS) is 15.5. The quantitative estimate of drug-likeness (QED) is 0.881. The lowest BCUT2D eigenvalue weighted by atomic mass is 9.93. The third-order valence-electron chi connectivity index (χ3n) is 4.70. The minimum Gasteiger partial charge on any atom is -0.497 e. The predicted octanol–water partition coefficient (Wildman–Crippen LogP) is 3.12. The minimum atomic E-state index is -0.943. The molecular formula is C18H23N3O3. The SMILES string of the molecule is COc1ccc2ccnc(N3CCC(CCNC(=O)O)CC3)c2c1. The van der Waals surface area contributed by atoms with Crippen LogP contribution in [0.3, 0.4) is 0 Å². The summed E-state index contributed by atoms with van der Waals surface area (Å²) in [5, 5.41) is 13.4. The van der Waals surface area contributed by atoms with Crippen molar-refractivity contribution >= 4 is 22.7 Å². The number of ether oxygens (including phenoxy) is 1. The summed E-state index contributed by atoms with van der Waals surface area (Å²) in [7, 11) is 1.67. The Kier molecular flexibility index (Phi) is 5.03. The summed E-state index contributed by atoms with van der Waals surface area (Å²) < 4.78 is 5.34. The van der Waals surface area contributed by atoms with Gasteiger partial charge in [-0.2, -0.15) is 0 Å². The van der Waals surface area contributed by atoms with Gasteiger partial charge in [0.05, 0.1) is 7.11 Å². The number of fused-ring (bicyclic) bond motifs is 1. The second-order valence-corrected chi connectivity index (χ2v) is 6.17. The zero-order valence-corrected chi connectivity index (χ0v) is 13.9. The van der Waals surface area contributed by atoms with E-state index >= 15 is 0 Å². The molecule has 0 aliphatic carbocycles. The zero-order valence-electron chi connectivity index (χ0n) is 13.9. The van der Waals surface area contributed by atoms with Gasteiger partial charge < -0.3 is 20.1 Å². The molecule has 0 unspecified atom stereocenters. The Morgan fingerprint density at radius 3 is 2.88 bits per heavy atom. The first kappa shape index (κ1) is 16.4. The lowest BCUT2D eigenvalue weighted by molar-refractivity contribution is 0.193. The number of rotatable bonds is 5. The molecule has 24 heavy (non-hydrogen) atoms. The molecule has 2 aromatic rings. The molecule has 1 aliphatic heterocycles. The van der Waals surface area contributed by atoms with Crippen LogP contribution in [0.25, 0.3) is 10.8 Å². The summed E-state index contributed by atoms with van der Waals surface area (Å²) in [5.74, 6) is 2.41. The van der Waals surface area contributed by atoms with Crippen molar-refractivity contribution in [1.82, 2.24) is 10.3 Å².